The number of ether oxygens (including phenoxy) is 1. The molecule has 2 N–H and O–H groups in total. The van der Waals surface area contributed by atoms with Crippen LogP contribution in [0.2, 0.25) is 0 Å². The third-order valence-electron chi connectivity index (χ3n) is 5.85. The van der Waals surface area contributed by atoms with Gasteiger partial charge >= 0.3 is 0 Å². The first kappa shape index (κ1) is 19.6. The highest BCUT2D eigenvalue weighted by molar-refractivity contribution is 7.80. The first-order valence-corrected chi connectivity index (χ1v) is 11.1. The van der Waals surface area contributed by atoms with Crippen LogP contribution < -0.4 is 20.4 Å². The predicted octanol–water partition coefficient (Wildman–Crippen LogP) is 2.78. The first-order chi connectivity index (χ1) is 13.7. The Morgan fingerprint density at radius 1 is 1.11 bits per heavy atom. The monoisotopic (exact) mass is 404 g/mol. The molecule has 0 radical (unpaired) electrons. The third kappa shape index (κ3) is 5.03. The maximum atomic E-state index is 5.65. The van der Waals surface area contributed by atoms with Crippen molar-refractivity contribution in [2.75, 3.05) is 54.4 Å². The second-order valence-electron chi connectivity index (χ2n) is 8.27. The largest absolute Gasteiger partial charge is 0.376 e. The van der Waals surface area contributed by atoms with Gasteiger partial charge in [0.2, 0.25) is 5.95 Å². The molecule has 0 aromatic carbocycles. The molecule has 3 aliphatic heterocycles. The highest BCUT2D eigenvalue weighted by atomic mass is 32.1. The Balaban J connectivity index is 1.47. The zero-order valence-electron chi connectivity index (χ0n) is 16.8. The molecule has 28 heavy (non-hydrogen) atoms. The van der Waals surface area contributed by atoms with Crippen molar-refractivity contribution in [1.29, 1.82) is 0 Å². The molecule has 8 heteroatoms. The molecule has 0 aliphatic carbocycles. The summed E-state index contributed by atoms with van der Waals surface area (Å²) in [6, 6.07) is 2.15. The van der Waals surface area contributed by atoms with Crippen molar-refractivity contribution in [3.05, 3.63) is 6.07 Å². The number of rotatable bonds is 5. The molecule has 3 fully saturated rings. The van der Waals surface area contributed by atoms with E-state index in [1.807, 2.05) is 0 Å². The summed E-state index contributed by atoms with van der Waals surface area (Å²) in [6.45, 7) is 8.14. The van der Waals surface area contributed by atoms with Crippen molar-refractivity contribution in [3.63, 3.8) is 0 Å². The second-order valence-corrected chi connectivity index (χ2v) is 8.67. The maximum Gasteiger partial charge on any atom is 0.232 e. The SMILES string of the molecule is C[C@@H]1CCCN(c2cc(N3CCCC3)nc(NC(=S)NC[C@H]3CCCO3)n2)C1. The highest BCUT2D eigenvalue weighted by Crippen LogP contribution is 2.27. The number of nitrogens with one attached hydrogen (secondary N) is 2. The van der Waals surface area contributed by atoms with Crippen molar-refractivity contribution >= 4 is 34.9 Å². The molecule has 3 saturated heterocycles. The lowest BCUT2D eigenvalue weighted by Gasteiger charge is -2.32. The van der Waals surface area contributed by atoms with Crippen molar-refractivity contribution in [3.8, 4) is 0 Å². The molecular formula is C20H32N6OS. The Morgan fingerprint density at radius 2 is 1.86 bits per heavy atom. The predicted molar refractivity (Wildman–Crippen MR) is 117 cm³/mol. The molecule has 4 rings (SSSR count). The topological polar surface area (TPSA) is 65.5 Å². The van der Waals surface area contributed by atoms with E-state index in [2.05, 4.69) is 33.4 Å². The number of nitrogens with zero attached hydrogens (tertiary/aromatic N) is 4. The van der Waals surface area contributed by atoms with Gasteiger partial charge in [-0.2, -0.15) is 9.97 Å². The zero-order valence-corrected chi connectivity index (χ0v) is 17.6. The molecule has 154 valence electrons. The Hall–Kier alpha value is -1.67. The summed E-state index contributed by atoms with van der Waals surface area (Å²) < 4.78 is 5.65. The minimum absolute atomic E-state index is 0.252. The summed E-state index contributed by atoms with van der Waals surface area (Å²) in [5, 5.41) is 7.03. The van der Waals surface area contributed by atoms with Gasteiger partial charge in [0.25, 0.3) is 0 Å². The van der Waals surface area contributed by atoms with Crippen LogP contribution in [0, 0.1) is 5.92 Å². The van der Waals surface area contributed by atoms with Gasteiger partial charge in [0.1, 0.15) is 11.6 Å². The third-order valence-corrected chi connectivity index (χ3v) is 6.10. The number of thiocarbonyl (C=S) groups is 1. The minimum Gasteiger partial charge on any atom is -0.376 e. The molecule has 0 saturated carbocycles. The fourth-order valence-electron chi connectivity index (χ4n) is 4.30. The van der Waals surface area contributed by atoms with Crippen LogP contribution in [0.15, 0.2) is 6.07 Å². The van der Waals surface area contributed by atoms with Crippen molar-refractivity contribution in [2.45, 2.75) is 51.6 Å². The average molecular weight is 405 g/mol. The van der Waals surface area contributed by atoms with Gasteiger partial charge in [0, 0.05) is 45.4 Å². The molecule has 1 aromatic rings. The summed E-state index contributed by atoms with van der Waals surface area (Å²) in [5.74, 6) is 3.30. The van der Waals surface area contributed by atoms with Crippen LogP contribution in [0.1, 0.15) is 45.4 Å². The fourth-order valence-corrected chi connectivity index (χ4v) is 4.48. The lowest BCUT2D eigenvalue weighted by atomic mass is 10.0. The van der Waals surface area contributed by atoms with Crippen molar-refractivity contribution in [2.24, 2.45) is 5.92 Å². The van der Waals surface area contributed by atoms with Gasteiger partial charge in [0.15, 0.2) is 5.11 Å². The average Bonchev–Trinajstić information content (AvgIpc) is 3.40. The van der Waals surface area contributed by atoms with E-state index in [9.17, 15) is 0 Å². The zero-order chi connectivity index (χ0) is 19.3. The van der Waals surface area contributed by atoms with E-state index in [1.54, 1.807) is 0 Å². The van der Waals surface area contributed by atoms with Crippen LogP contribution in [0.5, 0.6) is 0 Å². The second kappa shape index (κ2) is 9.22. The number of hydrogen-bond acceptors (Lipinski definition) is 6. The molecular weight excluding hydrogens is 372 g/mol. The van der Waals surface area contributed by atoms with Crippen molar-refractivity contribution < 1.29 is 4.74 Å². The Bertz CT molecular complexity index is 675. The van der Waals surface area contributed by atoms with Crippen LogP contribution in [0.3, 0.4) is 0 Å². The molecule has 0 unspecified atom stereocenters. The number of hydrogen-bond donors (Lipinski definition) is 2. The molecule has 0 bridgehead atoms. The summed E-state index contributed by atoms with van der Waals surface area (Å²) in [5.41, 5.74) is 0. The van der Waals surface area contributed by atoms with Crippen LogP contribution in [0.4, 0.5) is 17.6 Å². The molecule has 3 aliphatic rings. The summed E-state index contributed by atoms with van der Waals surface area (Å²) >= 11 is 5.48. The van der Waals surface area contributed by atoms with E-state index in [4.69, 9.17) is 26.9 Å². The summed E-state index contributed by atoms with van der Waals surface area (Å²) in [6.07, 6.45) is 7.44. The van der Waals surface area contributed by atoms with Gasteiger partial charge in [0.05, 0.1) is 6.10 Å². The molecule has 4 heterocycles. The lowest BCUT2D eigenvalue weighted by molar-refractivity contribution is 0.114. The first-order valence-electron chi connectivity index (χ1n) is 10.7. The van der Waals surface area contributed by atoms with Crippen molar-refractivity contribution in [1.82, 2.24) is 15.3 Å². The Morgan fingerprint density at radius 3 is 2.57 bits per heavy atom. The Kier molecular flexibility index (Phi) is 6.47. The molecule has 1 aromatic heterocycles. The Labute approximate surface area is 173 Å². The minimum atomic E-state index is 0.252. The molecule has 2 atom stereocenters. The number of anilines is 3. The van der Waals surface area contributed by atoms with E-state index >= 15 is 0 Å². The van der Waals surface area contributed by atoms with E-state index in [0.29, 0.717) is 17.0 Å². The molecule has 7 nitrogen and oxygen atoms in total. The van der Waals surface area contributed by atoms with Gasteiger partial charge < -0.3 is 25.2 Å². The van der Waals surface area contributed by atoms with Gasteiger partial charge in [-0.1, -0.05) is 6.92 Å². The summed E-state index contributed by atoms with van der Waals surface area (Å²) in [4.78, 5) is 14.3. The molecule has 0 amide bonds. The van der Waals surface area contributed by atoms with E-state index < -0.39 is 0 Å². The normalized spacial score (nSPS) is 25.2. The fraction of sp³-hybridized carbons (Fsp3) is 0.750. The van der Waals surface area contributed by atoms with E-state index in [1.165, 1.54) is 25.7 Å². The van der Waals surface area contributed by atoms with Gasteiger partial charge in [-0.25, -0.2) is 0 Å². The lowest BCUT2D eigenvalue weighted by Crippen LogP contribution is -2.37. The number of piperidine rings is 1. The van der Waals surface area contributed by atoms with Crippen LogP contribution >= 0.6 is 12.2 Å². The quantitative estimate of drug-likeness (QED) is 0.727. The standard InChI is InChI=1S/C20H32N6OS/c1-15-6-4-10-26(14-15)18-12-17(25-8-2-3-9-25)22-19(23-18)24-20(28)21-13-16-7-5-11-27-16/h12,15-16H,2-11,13-14H2,1H3,(H2,21,22,23,24,28)/t15-,16-/m1/s1. The van der Waals surface area contributed by atoms with E-state index in [-0.39, 0.29) is 6.10 Å². The smallest absolute Gasteiger partial charge is 0.232 e. The maximum absolute atomic E-state index is 5.65. The van der Waals surface area contributed by atoms with E-state index in [0.717, 1.165) is 63.8 Å². The van der Waals surface area contributed by atoms with Gasteiger partial charge in [-0.3, -0.25) is 0 Å². The van der Waals surface area contributed by atoms with Crippen LogP contribution in [-0.4, -0.2) is 60.5 Å². The van der Waals surface area contributed by atoms with Gasteiger partial charge in [-0.05, 0) is 56.7 Å². The van der Waals surface area contributed by atoms with Gasteiger partial charge in [-0.15, -0.1) is 0 Å². The van der Waals surface area contributed by atoms with Crippen LogP contribution in [0.25, 0.3) is 0 Å². The highest BCUT2D eigenvalue weighted by Gasteiger charge is 2.22. The summed E-state index contributed by atoms with van der Waals surface area (Å²) in [7, 11) is 0. The van der Waals surface area contributed by atoms with Crippen LogP contribution in [-0.2, 0) is 4.74 Å². The number of aromatic nitrogens is 2. The molecule has 0 spiro atoms.